The van der Waals surface area contributed by atoms with Crippen molar-refractivity contribution in [1.82, 2.24) is 0 Å². The molecular weight excluding hydrogens is 692 g/mol. The summed E-state index contributed by atoms with van der Waals surface area (Å²) in [5, 5.41) is 0. The van der Waals surface area contributed by atoms with E-state index in [1.165, 1.54) is 68.2 Å². The fourth-order valence-corrected chi connectivity index (χ4v) is 11.6. The Morgan fingerprint density at radius 2 is 1.43 bits per heavy atom. The first-order valence-electron chi connectivity index (χ1n) is 19.1. The van der Waals surface area contributed by atoms with Crippen molar-refractivity contribution in [3.8, 4) is 54.7 Å². The van der Waals surface area contributed by atoms with E-state index in [0.29, 0.717) is 19.1 Å². The van der Waals surface area contributed by atoms with E-state index in [-0.39, 0.29) is 6.29 Å². The Morgan fingerprint density at radius 3 is 2.14 bits per heavy atom. The Labute approximate surface area is 315 Å². The maximum absolute atomic E-state index is 6.74. The minimum Gasteiger partial charge on any atom is -0.0459 e. The summed E-state index contributed by atoms with van der Waals surface area (Å²) in [7, 11) is -1.12. The van der Waals surface area contributed by atoms with Gasteiger partial charge in [0.05, 0.1) is 0 Å². The first-order chi connectivity index (χ1) is 24.9. The molecule has 1 saturated heterocycles. The van der Waals surface area contributed by atoms with Crippen LogP contribution >= 0.6 is 30.6 Å². The quantitative estimate of drug-likeness (QED) is 0.0512. The second-order valence-corrected chi connectivity index (χ2v) is 18.2. The molecule has 0 bridgehead atoms. The molecule has 5 nitrogen and oxygen atoms in total. The van der Waals surface area contributed by atoms with Crippen LogP contribution in [0.15, 0.2) is 60.7 Å². The van der Waals surface area contributed by atoms with E-state index >= 15 is 0 Å². The van der Waals surface area contributed by atoms with Crippen LogP contribution < -0.4 is 14.1 Å². The molecule has 8 heteroatoms. The van der Waals surface area contributed by atoms with Gasteiger partial charge in [-0.1, -0.05) is 50.9 Å². The van der Waals surface area contributed by atoms with Crippen LogP contribution in [0.1, 0.15) is 111 Å². The van der Waals surface area contributed by atoms with E-state index in [4.69, 9.17) is 23.0 Å². The van der Waals surface area contributed by atoms with E-state index in [0.717, 1.165) is 55.4 Å². The Hall–Kier alpha value is -2.69. The first kappa shape index (κ1) is 39.5. The van der Waals surface area contributed by atoms with E-state index in [1.54, 1.807) is 29.8 Å². The molecule has 3 heterocycles. The van der Waals surface area contributed by atoms with E-state index in [9.17, 15) is 0 Å². The average molecular weight is 749 g/mol. The normalized spacial score (nSPS) is 16.2. The molecule has 276 valence electrons. The number of methoxy groups -OCH3 is 1. The monoisotopic (exact) mass is 748 g/mol. The molecule has 0 spiro atoms. The molecule has 1 aliphatic rings. The summed E-state index contributed by atoms with van der Waals surface area (Å²) in [6.45, 7) is 11.9. The fraction of sp³-hybridized carbons (Fsp3) is 0.488. The molecule has 5 rings (SSSR count). The van der Waals surface area contributed by atoms with Gasteiger partial charge in [-0.3, -0.25) is 0 Å². The van der Waals surface area contributed by atoms with Gasteiger partial charge in [-0.25, -0.2) is 0 Å². The standard InChI is InChI=1S/C43H57O5PS2/c1-7-11-13-14-15-16-17-18-20-34-21-23-35(24-22-34)40-25-26-41(50-40)36-30-39(45-31-33(9-3)19-12-8-2)37(29-38(36)44-6)42-27-28-43(51-42)49(46-10-4)47-32(5)48-49/h21-30,32-33,49H,7-17,19,31H2,1-6H3. The van der Waals surface area contributed by atoms with Crippen LogP contribution in [0, 0.1) is 17.8 Å². The molecule has 0 amide bonds. The molecular formula is C43H57O5PS2. The van der Waals surface area contributed by atoms with Crippen LogP contribution in [0.2, 0.25) is 0 Å². The third-order valence-electron chi connectivity index (χ3n) is 9.40. The van der Waals surface area contributed by atoms with Gasteiger partial charge in [0.2, 0.25) is 0 Å². The molecule has 2 aromatic carbocycles. The van der Waals surface area contributed by atoms with Crippen molar-refractivity contribution in [2.24, 2.45) is 5.92 Å². The smallest absolute Gasteiger partial charge is 0.0459 e. The Kier molecular flexibility index (Phi) is 15.5. The summed E-state index contributed by atoms with van der Waals surface area (Å²) in [5.74, 6) is 8.92. The minimum atomic E-state index is -2.86. The molecule has 0 aliphatic carbocycles. The van der Waals surface area contributed by atoms with Crippen LogP contribution in [0.4, 0.5) is 0 Å². The van der Waals surface area contributed by atoms with Crippen molar-refractivity contribution < 1.29 is 23.0 Å². The van der Waals surface area contributed by atoms with Crippen LogP contribution in [-0.4, -0.2) is 26.6 Å². The molecule has 4 aromatic rings. The SMILES string of the molecule is CCCCCCCCC#Cc1ccc(-c2ccc(-c3cc(OCC(CC)CCCC)c(-c4ccc([PH]5(OCC)OC(C)O5)s4)cc3OC)s2)cc1. The zero-order valence-electron chi connectivity index (χ0n) is 31.5. The summed E-state index contributed by atoms with van der Waals surface area (Å²) in [6.07, 6.45) is 13.2. The van der Waals surface area contributed by atoms with Gasteiger partial charge < -0.3 is 0 Å². The number of ether oxygens (including phenoxy) is 2. The summed E-state index contributed by atoms with van der Waals surface area (Å²) in [6, 6.07) is 21.6. The summed E-state index contributed by atoms with van der Waals surface area (Å²) in [5.41, 5.74) is 4.30. The van der Waals surface area contributed by atoms with Crippen LogP contribution in [-0.2, 0) is 13.6 Å². The Morgan fingerprint density at radius 1 is 0.765 bits per heavy atom. The first-order valence-corrected chi connectivity index (χ1v) is 22.4. The summed E-state index contributed by atoms with van der Waals surface area (Å²) < 4.78 is 32.1. The number of unbranched alkanes of at least 4 members (excludes halogenated alkanes) is 7. The van der Waals surface area contributed by atoms with Crippen LogP contribution in [0.5, 0.6) is 11.5 Å². The summed E-state index contributed by atoms with van der Waals surface area (Å²) in [4.78, 5) is 3.42. The third kappa shape index (κ3) is 10.5. The third-order valence-corrected chi connectivity index (χ3v) is 15.3. The van der Waals surface area contributed by atoms with E-state index in [2.05, 4.69) is 93.3 Å². The van der Waals surface area contributed by atoms with Gasteiger partial charge in [-0.05, 0) is 18.6 Å². The molecule has 0 radical (unpaired) electrons. The van der Waals surface area contributed by atoms with Gasteiger partial charge in [-0.2, -0.15) is 0 Å². The van der Waals surface area contributed by atoms with Crippen molar-refractivity contribution in [3.05, 3.63) is 66.2 Å². The zero-order chi connectivity index (χ0) is 36.1. The van der Waals surface area contributed by atoms with Gasteiger partial charge in [0.1, 0.15) is 0 Å². The van der Waals surface area contributed by atoms with E-state index < -0.39 is 7.94 Å². The number of benzene rings is 2. The average Bonchev–Trinajstić information content (AvgIpc) is 3.84. The second kappa shape index (κ2) is 20.0. The fourth-order valence-electron chi connectivity index (χ4n) is 6.39. The molecule has 0 saturated carbocycles. The molecule has 1 aliphatic heterocycles. The van der Waals surface area contributed by atoms with Crippen molar-refractivity contribution in [3.63, 3.8) is 0 Å². The zero-order valence-corrected chi connectivity index (χ0v) is 34.1. The van der Waals surface area contributed by atoms with Crippen molar-refractivity contribution >= 4 is 35.2 Å². The van der Waals surface area contributed by atoms with Gasteiger partial charge in [0.15, 0.2) is 0 Å². The van der Waals surface area contributed by atoms with Crippen molar-refractivity contribution in [2.45, 2.75) is 112 Å². The number of hydrogen-bond donors (Lipinski definition) is 0. The maximum atomic E-state index is 6.74. The molecule has 1 atom stereocenters. The number of hydrogen-bond acceptors (Lipinski definition) is 7. The van der Waals surface area contributed by atoms with Crippen LogP contribution in [0.25, 0.3) is 31.3 Å². The van der Waals surface area contributed by atoms with Gasteiger partial charge in [-0.15, -0.1) is 0 Å². The molecule has 0 N–H and O–H groups in total. The molecule has 2 aromatic heterocycles. The van der Waals surface area contributed by atoms with Crippen molar-refractivity contribution in [1.29, 1.82) is 0 Å². The number of rotatable bonds is 20. The molecule has 1 unspecified atom stereocenters. The van der Waals surface area contributed by atoms with Gasteiger partial charge in [0, 0.05) is 12.0 Å². The number of thiophene rings is 2. The van der Waals surface area contributed by atoms with Gasteiger partial charge in [0.25, 0.3) is 0 Å². The van der Waals surface area contributed by atoms with Crippen molar-refractivity contribution in [2.75, 3.05) is 20.3 Å². The Bertz CT molecular complexity index is 1700. The Balaban J connectivity index is 1.38. The van der Waals surface area contributed by atoms with Gasteiger partial charge >= 0.3 is 236 Å². The molecule has 1 fully saturated rings. The van der Waals surface area contributed by atoms with E-state index in [1.807, 2.05) is 13.8 Å². The summed E-state index contributed by atoms with van der Waals surface area (Å²) >= 11 is 3.42. The second-order valence-electron chi connectivity index (χ2n) is 13.3. The predicted molar refractivity (Wildman–Crippen MR) is 220 cm³/mol. The topological polar surface area (TPSA) is 46.2 Å². The predicted octanol–water partition coefficient (Wildman–Crippen LogP) is 13.1. The minimum absolute atomic E-state index is 0.247. The molecule has 51 heavy (non-hydrogen) atoms. The van der Waals surface area contributed by atoms with Crippen LogP contribution in [0.3, 0.4) is 0 Å².